The molecule has 26 heavy (non-hydrogen) atoms. The van der Waals surface area contributed by atoms with Crippen molar-refractivity contribution in [1.82, 2.24) is 9.80 Å². The van der Waals surface area contributed by atoms with Crippen molar-refractivity contribution in [3.8, 4) is 0 Å². The lowest BCUT2D eigenvalue weighted by molar-refractivity contribution is -0.202. The van der Waals surface area contributed by atoms with Crippen molar-refractivity contribution >= 4 is 0 Å². The molecular weight excluding hydrogens is 338 g/mol. The van der Waals surface area contributed by atoms with Crippen molar-refractivity contribution in [2.75, 3.05) is 32.8 Å². The van der Waals surface area contributed by atoms with E-state index in [1.54, 1.807) is 0 Å². The van der Waals surface area contributed by atoms with Gasteiger partial charge in [0.2, 0.25) is 0 Å². The third-order valence-electron chi connectivity index (χ3n) is 6.47. The molecule has 4 nitrogen and oxygen atoms in total. The highest BCUT2D eigenvalue weighted by atomic mass is 19.3. The summed E-state index contributed by atoms with van der Waals surface area (Å²) in [5.41, 5.74) is 0.0279. The average Bonchev–Trinajstić information content (AvgIpc) is 2.88. The standard InChI is InChI=1S/C20H36F2N2O2/c1-17(2,3)23-12-8-20(9-13-23)25-15-16(26-20)14-18(4,5)24-10-6-19(21,22)7-11-24/h16H,6-15H2,1-5H3. The van der Waals surface area contributed by atoms with E-state index in [-0.39, 0.29) is 30.0 Å². The predicted octanol–water partition coefficient (Wildman–Crippen LogP) is 3.89. The molecule has 6 heteroatoms. The molecule has 3 fully saturated rings. The van der Waals surface area contributed by atoms with Gasteiger partial charge in [-0.15, -0.1) is 0 Å². The van der Waals surface area contributed by atoms with Crippen molar-refractivity contribution < 1.29 is 18.3 Å². The fraction of sp³-hybridized carbons (Fsp3) is 1.00. The summed E-state index contributed by atoms with van der Waals surface area (Å²) >= 11 is 0. The maximum absolute atomic E-state index is 13.4. The molecule has 0 saturated carbocycles. The van der Waals surface area contributed by atoms with E-state index in [1.807, 2.05) is 0 Å². The van der Waals surface area contributed by atoms with Crippen LogP contribution in [0.2, 0.25) is 0 Å². The van der Waals surface area contributed by atoms with Gasteiger partial charge in [0.05, 0.1) is 12.7 Å². The number of piperidine rings is 2. The number of rotatable bonds is 3. The van der Waals surface area contributed by atoms with E-state index < -0.39 is 11.7 Å². The Morgan fingerprint density at radius 2 is 1.42 bits per heavy atom. The van der Waals surface area contributed by atoms with E-state index in [1.165, 1.54) is 0 Å². The SMILES string of the molecule is CC(C)(C)N1CCC2(CC1)OCC(CC(C)(C)N1CCC(F)(F)CC1)O2. The first-order valence-electron chi connectivity index (χ1n) is 10.1. The second-order valence-corrected chi connectivity index (χ2v) is 9.98. The molecule has 0 N–H and O–H groups in total. The summed E-state index contributed by atoms with van der Waals surface area (Å²) in [6, 6.07) is 0. The molecule has 0 aromatic heterocycles. The lowest BCUT2D eigenvalue weighted by Gasteiger charge is -2.45. The maximum Gasteiger partial charge on any atom is 0.250 e. The Balaban J connectivity index is 1.51. The van der Waals surface area contributed by atoms with Crippen LogP contribution in [0.25, 0.3) is 0 Å². The monoisotopic (exact) mass is 374 g/mol. The van der Waals surface area contributed by atoms with Crippen molar-refractivity contribution in [3.63, 3.8) is 0 Å². The number of hydrogen-bond donors (Lipinski definition) is 0. The van der Waals surface area contributed by atoms with Crippen molar-refractivity contribution in [2.45, 2.75) is 95.6 Å². The maximum atomic E-state index is 13.4. The molecule has 1 atom stereocenters. The fourth-order valence-electron chi connectivity index (χ4n) is 4.62. The average molecular weight is 375 g/mol. The first-order chi connectivity index (χ1) is 11.9. The molecule has 1 spiro atoms. The number of alkyl halides is 2. The smallest absolute Gasteiger partial charge is 0.250 e. The summed E-state index contributed by atoms with van der Waals surface area (Å²) in [4.78, 5) is 4.68. The van der Waals surface area contributed by atoms with Gasteiger partial charge < -0.3 is 9.47 Å². The van der Waals surface area contributed by atoms with Gasteiger partial charge in [0, 0.05) is 62.9 Å². The Morgan fingerprint density at radius 1 is 0.885 bits per heavy atom. The molecule has 0 aromatic rings. The number of halogens is 2. The lowest BCUT2D eigenvalue weighted by Crippen LogP contribution is -2.53. The number of likely N-dealkylation sites (tertiary alicyclic amines) is 2. The molecule has 3 saturated heterocycles. The van der Waals surface area contributed by atoms with Crippen LogP contribution in [0.15, 0.2) is 0 Å². The Morgan fingerprint density at radius 3 is 1.96 bits per heavy atom. The molecule has 0 bridgehead atoms. The molecule has 0 radical (unpaired) electrons. The minimum absolute atomic E-state index is 0.0367. The fourth-order valence-corrected chi connectivity index (χ4v) is 4.62. The number of hydrogen-bond acceptors (Lipinski definition) is 4. The second-order valence-electron chi connectivity index (χ2n) is 9.98. The van der Waals surface area contributed by atoms with Crippen LogP contribution in [0.3, 0.4) is 0 Å². The Kier molecular flexibility index (Phi) is 5.46. The van der Waals surface area contributed by atoms with Gasteiger partial charge in [-0.3, -0.25) is 9.80 Å². The highest BCUT2D eigenvalue weighted by Gasteiger charge is 2.47. The summed E-state index contributed by atoms with van der Waals surface area (Å²) < 4.78 is 39.4. The summed E-state index contributed by atoms with van der Waals surface area (Å²) in [7, 11) is 0. The van der Waals surface area contributed by atoms with Crippen LogP contribution >= 0.6 is 0 Å². The largest absolute Gasteiger partial charge is 0.347 e. The van der Waals surface area contributed by atoms with E-state index in [4.69, 9.17) is 9.47 Å². The second kappa shape index (κ2) is 6.94. The quantitative estimate of drug-likeness (QED) is 0.748. The predicted molar refractivity (Wildman–Crippen MR) is 98.6 cm³/mol. The van der Waals surface area contributed by atoms with Gasteiger partial charge in [-0.05, 0) is 41.0 Å². The molecule has 1 unspecified atom stereocenters. The Labute approximate surface area is 157 Å². The van der Waals surface area contributed by atoms with Crippen LogP contribution in [0, 0.1) is 0 Å². The van der Waals surface area contributed by atoms with Crippen LogP contribution in [-0.2, 0) is 9.47 Å². The van der Waals surface area contributed by atoms with E-state index in [9.17, 15) is 8.78 Å². The number of ether oxygens (including phenoxy) is 2. The summed E-state index contributed by atoms with van der Waals surface area (Å²) in [6.07, 6.45) is 2.60. The third kappa shape index (κ3) is 4.57. The van der Waals surface area contributed by atoms with Gasteiger partial charge in [-0.2, -0.15) is 0 Å². The van der Waals surface area contributed by atoms with Crippen molar-refractivity contribution in [2.24, 2.45) is 0 Å². The summed E-state index contributed by atoms with van der Waals surface area (Å²) in [6.45, 7) is 14.5. The summed E-state index contributed by atoms with van der Waals surface area (Å²) in [5.74, 6) is -2.93. The molecule has 3 aliphatic rings. The van der Waals surface area contributed by atoms with Crippen LogP contribution in [0.5, 0.6) is 0 Å². The van der Waals surface area contributed by atoms with Gasteiger partial charge >= 0.3 is 0 Å². The zero-order valence-electron chi connectivity index (χ0n) is 17.1. The van der Waals surface area contributed by atoms with E-state index in [0.29, 0.717) is 19.7 Å². The molecule has 0 amide bonds. The highest BCUT2D eigenvalue weighted by molar-refractivity contribution is 4.94. The number of nitrogens with zero attached hydrogens (tertiary/aromatic N) is 2. The topological polar surface area (TPSA) is 24.9 Å². The Bertz CT molecular complexity index is 487. The molecule has 3 rings (SSSR count). The van der Waals surface area contributed by atoms with Crippen molar-refractivity contribution in [3.05, 3.63) is 0 Å². The lowest BCUT2D eigenvalue weighted by atomic mass is 9.91. The molecule has 0 aromatic carbocycles. The Hall–Kier alpha value is -0.300. The van der Waals surface area contributed by atoms with Gasteiger partial charge in [-0.1, -0.05) is 0 Å². The van der Waals surface area contributed by atoms with Crippen LogP contribution in [0.4, 0.5) is 8.78 Å². The van der Waals surface area contributed by atoms with E-state index in [0.717, 1.165) is 32.4 Å². The minimum atomic E-state index is -2.50. The zero-order valence-corrected chi connectivity index (χ0v) is 17.1. The van der Waals surface area contributed by atoms with E-state index in [2.05, 4.69) is 44.4 Å². The molecule has 152 valence electrons. The molecule has 3 heterocycles. The van der Waals surface area contributed by atoms with E-state index >= 15 is 0 Å². The van der Waals surface area contributed by atoms with Gasteiger partial charge in [-0.25, -0.2) is 8.78 Å². The van der Waals surface area contributed by atoms with Crippen molar-refractivity contribution in [1.29, 1.82) is 0 Å². The normalized spacial score (nSPS) is 30.8. The third-order valence-corrected chi connectivity index (χ3v) is 6.47. The van der Waals surface area contributed by atoms with Crippen LogP contribution < -0.4 is 0 Å². The highest BCUT2D eigenvalue weighted by Crippen LogP contribution is 2.39. The first-order valence-corrected chi connectivity index (χ1v) is 10.1. The minimum Gasteiger partial charge on any atom is -0.347 e. The summed E-state index contributed by atoms with van der Waals surface area (Å²) in [5, 5.41) is 0. The zero-order chi connectivity index (χ0) is 19.2. The molecule has 3 aliphatic heterocycles. The first kappa shape index (κ1) is 20.4. The van der Waals surface area contributed by atoms with Crippen LogP contribution in [-0.4, -0.2) is 71.5 Å². The molecular formula is C20H36F2N2O2. The van der Waals surface area contributed by atoms with Crippen LogP contribution in [0.1, 0.15) is 66.7 Å². The van der Waals surface area contributed by atoms with Gasteiger partial charge in [0.25, 0.3) is 5.92 Å². The molecule has 0 aliphatic carbocycles. The van der Waals surface area contributed by atoms with Gasteiger partial charge in [0.1, 0.15) is 0 Å². The van der Waals surface area contributed by atoms with Gasteiger partial charge in [0.15, 0.2) is 5.79 Å².